The number of aromatic nitrogens is 2. The average molecular weight is 673 g/mol. The molecule has 6 rings (SSSR count). The van der Waals surface area contributed by atoms with Gasteiger partial charge in [0.1, 0.15) is 36.1 Å². The van der Waals surface area contributed by atoms with E-state index < -0.39 is 35.7 Å². The highest BCUT2D eigenvalue weighted by Crippen LogP contribution is 2.36. The van der Waals surface area contributed by atoms with Crippen LogP contribution in [0.3, 0.4) is 0 Å². The van der Waals surface area contributed by atoms with Crippen molar-refractivity contribution in [3.05, 3.63) is 178 Å². The third kappa shape index (κ3) is 8.43. The third-order valence-electron chi connectivity index (χ3n) is 7.41. The van der Waals surface area contributed by atoms with Gasteiger partial charge in [0.15, 0.2) is 0 Å². The molecular weight excluding hydrogens is 646 g/mol. The van der Waals surface area contributed by atoms with E-state index in [4.69, 9.17) is 13.6 Å². The quantitative estimate of drug-likeness (QED) is 0.136. The number of hydrogen-bond acceptors (Lipinski definition) is 5. The third-order valence-corrected chi connectivity index (χ3v) is 7.41. The number of hydrogen-bond donors (Lipinski definition) is 0. The predicted molar refractivity (Wildman–Crippen MR) is 171 cm³/mol. The minimum Gasteiger partial charge on any atom is -0.445 e. The van der Waals surface area contributed by atoms with Crippen LogP contribution in [-0.4, -0.2) is 9.97 Å². The van der Waals surface area contributed by atoms with Crippen LogP contribution in [0.2, 0.25) is 0 Å². The molecule has 0 spiro atoms. The van der Waals surface area contributed by atoms with Gasteiger partial charge in [-0.25, -0.2) is 9.97 Å². The van der Waals surface area contributed by atoms with Gasteiger partial charge in [0.25, 0.3) is 0 Å². The fourth-order valence-corrected chi connectivity index (χ4v) is 4.93. The summed E-state index contributed by atoms with van der Waals surface area (Å²) in [6, 6.07) is 28.1. The van der Waals surface area contributed by atoms with Crippen molar-refractivity contribution in [2.75, 3.05) is 0 Å². The summed E-state index contributed by atoms with van der Waals surface area (Å²) in [7, 11) is 0. The molecule has 2 unspecified atom stereocenters. The molecule has 0 saturated heterocycles. The summed E-state index contributed by atoms with van der Waals surface area (Å²) in [5.41, 5.74) is 1.97. The Morgan fingerprint density at radius 2 is 0.857 bits per heavy atom. The van der Waals surface area contributed by atoms with Gasteiger partial charge in [-0.05, 0) is 58.7 Å². The molecule has 2 heterocycles. The first-order valence-electron chi connectivity index (χ1n) is 14.9. The summed E-state index contributed by atoms with van der Waals surface area (Å²) >= 11 is 0. The van der Waals surface area contributed by atoms with Crippen LogP contribution in [0.5, 0.6) is 0 Å². The first-order chi connectivity index (χ1) is 23.5. The Kier molecular flexibility index (Phi) is 9.63. The molecule has 2 atom stereocenters. The molecule has 0 saturated carbocycles. The van der Waals surface area contributed by atoms with Gasteiger partial charge in [-0.2, -0.15) is 26.3 Å². The molecule has 11 heteroatoms. The summed E-state index contributed by atoms with van der Waals surface area (Å²) in [6.07, 6.45) is -1.15. The van der Waals surface area contributed by atoms with Crippen LogP contribution in [0.1, 0.15) is 68.8 Å². The lowest BCUT2D eigenvalue weighted by molar-refractivity contribution is -0.138. The summed E-state index contributed by atoms with van der Waals surface area (Å²) in [4.78, 5) is 9.21. The molecule has 4 aromatic carbocycles. The fourth-order valence-electron chi connectivity index (χ4n) is 4.93. The van der Waals surface area contributed by atoms with Gasteiger partial charge < -0.3 is 13.6 Å². The summed E-state index contributed by atoms with van der Waals surface area (Å²) in [5.74, 6) is 0.431. The molecule has 0 radical (unpaired) electrons. The second-order valence-electron chi connectivity index (χ2n) is 10.8. The number of oxazole rings is 2. The van der Waals surface area contributed by atoms with Crippen LogP contribution >= 0.6 is 0 Å². The smallest absolute Gasteiger partial charge is 0.416 e. The van der Waals surface area contributed by atoms with Crippen molar-refractivity contribution in [1.29, 1.82) is 0 Å². The minimum atomic E-state index is -4.43. The first-order valence-corrected chi connectivity index (χ1v) is 14.9. The molecule has 0 aliphatic carbocycles. The zero-order valence-corrected chi connectivity index (χ0v) is 25.4. The van der Waals surface area contributed by atoms with Gasteiger partial charge in [-0.3, -0.25) is 0 Å². The van der Waals surface area contributed by atoms with E-state index in [0.29, 0.717) is 22.5 Å². The number of benzene rings is 4. The van der Waals surface area contributed by atoms with Crippen LogP contribution in [0.4, 0.5) is 26.3 Å². The van der Waals surface area contributed by atoms with Crippen molar-refractivity contribution in [3.8, 4) is 0 Å². The second-order valence-corrected chi connectivity index (χ2v) is 10.8. The highest BCUT2D eigenvalue weighted by atomic mass is 19.4. The molecule has 2 aromatic heterocycles. The van der Waals surface area contributed by atoms with Crippen LogP contribution < -0.4 is 0 Å². The lowest BCUT2D eigenvalue weighted by Crippen LogP contribution is -2.14. The molecule has 0 aliphatic rings. The molecule has 6 aromatic rings. The fraction of sp³-hybridized carbons (Fsp3) is 0.105. The maximum Gasteiger partial charge on any atom is 0.416 e. The lowest BCUT2D eigenvalue weighted by Gasteiger charge is -2.23. The monoisotopic (exact) mass is 672 g/mol. The molecule has 5 nitrogen and oxygen atoms in total. The Hall–Kier alpha value is -5.68. The Balaban J connectivity index is 1.26. The van der Waals surface area contributed by atoms with E-state index in [-0.39, 0.29) is 11.8 Å². The van der Waals surface area contributed by atoms with Gasteiger partial charge in [-0.1, -0.05) is 84.9 Å². The number of nitrogens with zero attached hydrogens (tertiary/aromatic N) is 2. The molecule has 248 valence electrons. The van der Waals surface area contributed by atoms with Crippen LogP contribution in [-0.2, 0) is 17.1 Å². The largest absolute Gasteiger partial charge is 0.445 e. The van der Waals surface area contributed by atoms with E-state index in [1.54, 1.807) is 24.3 Å². The molecule has 49 heavy (non-hydrogen) atoms. The van der Waals surface area contributed by atoms with Crippen LogP contribution in [0.15, 0.2) is 131 Å². The Labute approximate surface area is 276 Å². The maximum absolute atomic E-state index is 12.9. The van der Waals surface area contributed by atoms with E-state index in [2.05, 4.69) is 9.97 Å². The summed E-state index contributed by atoms with van der Waals surface area (Å²) < 4.78 is 95.8. The molecule has 0 aliphatic heterocycles. The van der Waals surface area contributed by atoms with E-state index in [1.165, 1.54) is 36.8 Å². The first kappa shape index (κ1) is 33.2. The Morgan fingerprint density at radius 1 is 0.490 bits per heavy atom. The van der Waals surface area contributed by atoms with Crippen molar-refractivity contribution in [2.45, 2.75) is 24.6 Å². The minimum absolute atomic E-state index is 0.216. The van der Waals surface area contributed by atoms with Gasteiger partial charge >= 0.3 is 12.4 Å². The van der Waals surface area contributed by atoms with Gasteiger partial charge in [0.2, 0.25) is 11.8 Å². The van der Waals surface area contributed by atoms with Crippen molar-refractivity contribution in [1.82, 2.24) is 9.97 Å². The molecule has 0 amide bonds. The van der Waals surface area contributed by atoms with E-state index >= 15 is 0 Å². The Bertz CT molecular complexity index is 1870. The Morgan fingerprint density at radius 3 is 1.20 bits per heavy atom. The van der Waals surface area contributed by atoms with Crippen LogP contribution in [0, 0.1) is 0 Å². The number of halogens is 6. The number of rotatable bonds is 10. The normalized spacial score (nSPS) is 13.7. The van der Waals surface area contributed by atoms with E-state index in [1.807, 2.05) is 60.7 Å². The van der Waals surface area contributed by atoms with Gasteiger partial charge in [0.05, 0.1) is 11.1 Å². The average Bonchev–Trinajstić information content (AvgIpc) is 3.77. The zero-order valence-electron chi connectivity index (χ0n) is 25.4. The lowest BCUT2D eigenvalue weighted by atomic mass is 10.0. The zero-order chi connectivity index (χ0) is 34.4. The van der Waals surface area contributed by atoms with E-state index in [9.17, 15) is 26.3 Å². The van der Waals surface area contributed by atoms with Gasteiger partial charge in [-0.15, -0.1) is 0 Å². The summed E-state index contributed by atoms with van der Waals surface area (Å²) in [6.45, 7) is 0. The topological polar surface area (TPSA) is 61.3 Å². The van der Waals surface area contributed by atoms with Crippen molar-refractivity contribution in [3.63, 3.8) is 0 Å². The van der Waals surface area contributed by atoms with Crippen molar-refractivity contribution in [2.24, 2.45) is 0 Å². The maximum atomic E-state index is 12.9. The second kappa shape index (κ2) is 14.2. The summed E-state index contributed by atoms with van der Waals surface area (Å²) in [5, 5.41) is 0. The highest BCUT2D eigenvalue weighted by molar-refractivity contribution is 5.67. The molecule has 0 bridgehead atoms. The van der Waals surface area contributed by atoms with E-state index in [0.717, 1.165) is 35.4 Å². The van der Waals surface area contributed by atoms with Crippen molar-refractivity contribution >= 4 is 24.3 Å². The number of alkyl halides is 6. The highest BCUT2D eigenvalue weighted by Gasteiger charge is 2.31. The molecule has 0 fully saturated rings. The predicted octanol–water partition coefficient (Wildman–Crippen LogP) is 10.9. The molecular formula is C38H26F6N2O3. The standard InChI is InChI=1S/C38H26F6N2O3/c39-37(40,41)29-17-11-25(12-18-29)15-21-33-45-31(23-47-33)35(27-7-3-1-4-8-27)49-36(28-9-5-2-6-10-28)32-24-48-34(46-32)22-16-26-13-19-30(20-14-26)38(42,43)44/h1-24,35-36H/b21-15+,22-16+. The van der Waals surface area contributed by atoms with Crippen LogP contribution in [0.25, 0.3) is 24.3 Å². The number of ether oxygens (including phenoxy) is 1. The van der Waals surface area contributed by atoms with Gasteiger partial charge in [0, 0.05) is 12.2 Å². The SMILES string of the molecule is FC(F)(F)c1ccc(/C=C/c2nc(C(OC(c3ccccc3)c3coc(/C=C/c4ccc(C(F)(F)F)cc4)n3)c3ccccc3)co2)cc1. The van der Waals surface area contributed by atoms with Crippen molar-refractivity contribution < 1.29 is 39.9 Å². The molecule has 0 N–H and O–H groups in total.